The topological polar surface area (TPSA) is 76.6 Å². The molecule has 24 heavy (non-hydrogen) atoms. The van der Waals surface area contributed by atoms with E-state index in [1.807, 2.05) is 23.1 Å². The van der Waals surface area contributed by atoms with Gasteiger partial charge in [-0.1, -0.05) is 6.07 Å². The summed E-state index contributed by atoms with van der Waals surface area (Å²) in [5, 5.41) is 3.22. The van der Waals surface area contributed by atoms with E-state index in [2.05, 4.69) is 15.3 Å². The van der Waals surface area contributed by atoms with Crippen molar-refractivity contribution in [3.63, 3.8) is 0 Å². The van der Waals surface area contributed by atoms with Gasteiger partial charge in [-0.3, -0.25) is 4.79 Å². The van der Waals surface area contributed by atoms with Crippen LogP contribution in [0.3, 0.4) is 0 Å². The first-order chi connectivity index (χ1) is 11.8. The SMILES string of the molecule is O=C(c1cc(NCc2ccc3c(c2)OCO3)ncn1)N1CCCC1. The number of nitrogens with one attached hydrogen (secondary N) is 1. The van der Waals surface area contributed by atoms with Crippen molar-refractivity contribution in [1.29, 1.82) is 0 Å². The zero-order valence-corrected chi connectivity index (χ0v) is 13.2. The quantitative estimate of drug-likeness (QED) is 0.927. The number of rotatable bonds is 4. The van der Waals surface area contributed by atoms with E-state index >= 15 is 0 Å². The van der Waals surface area contributed by atoms with E-state index < -0.39 is 0 Å². The highest BCUT2D eigenvalue weighted by atomic mass is 16.7. The number of aromatic nitrogens is 2. The van der Waals surface area contributed by atoms with Crippen molar-refractivity contribution in [3.8, 4) is 11.5 Å². The molecule has 2 aromatic rings. The monoisotopic (exact) mass is 326 g/mol. The lowest BCUT2D eigenvalue weighted by atomic mass is 10.2. The summed E-state index contributed by atoms with van der Waals surface area (Å²) in [5.74, 6) is 2.12. The van der Waals surface area contributed by atoms with Crippen LogP contribution < -0.4 is 14.8 Å². The molecule has 3 heterocycles. The van der Waals surface area contributed by atoms with Crippen LogP contribution in [0, 0.1) is 0 Å². The van der Waals surface area contributed by atoms with Crippen molar-refractivity contribution in [1.82, 2.24) is 14.9 Å². The first kappa shape index (κ1) is 14.7. The van der Waals surface area contributed by atoms with Gasteiger partial charge in [0, 0.05) is 25.7 Å². The van der Waals surface area contributed by atoms with Gasteiger partial charge in [-0.15, -0.1) is 0 Å². The third-order valence-electron chi connectivity index (χ3n) is 4.19. The van der Waals surface area contributed by atoms with Crippen molar-refractivity contribution in [2.75, 3.05) is 25.2 Å². The predicted molar refractivity (Wildman–Crippen MR) is 87.1 cm³/mol. The third kappa shape index (κ3) is 2.97. The molecule has 2 aliphatic heterocycles. The summed E-state index contributed by atoms with van der Waals surface area (Å²) in [4.78, 5) is 22.5. The molecule has 1 aromatic heterocycles. The highest BCUT2D eigenvalue weighted by Gasteiger charge is 2.21. The van der Waals surface area contributed by atoms with E-state index in [-0.39, 0.29) is 12.7 Å². The molecule has 1 fully saturated rings. The Labute approximate surface area is 139 Å². The molecule has 1 amide bonds. The van der Waals surface area contributed by atoms with E-state index in [0.717, 1.165) is 43.0 Å². The van der Waals surface area contributed by atoms with Crippen LogP contribution in [0.1, 0.15) is 28.9 Å². The van der Waals surface area contributed by atoms with E-state index in [4.69, 9.17) is 9.47 Å². The minimum Gasteiger partial charge on any atom is -0.454 e. The summed E-state index contributed by atoms with van der Waals surface area (Å²) in [6.45, 7) is 2.46. The molecule has 4 rings (SSSR count). The Kier molecular flexibility index (Phi) is 3.90. The number of carbonyl (C=O) groups excluding carboxylic acids is 1. The van der Waals surface area contributed by atoms with Gasteiger partial charge in [0.05, 0.1) is 0 Å². The van der Waals surface area contributed by atoms with Crippen molar-refractivity contribution in [2.45, 2.75) is 19.4 Å². The largest absolute Gasteiger partial charge is 0.454 e. The zero-order chi connectivity index (χ0) is 16.4. The fraction of sp³-hybridized carbons (Fsp3) is 0.353. The highest BCUT2D eigenvalue weighted by molar-refractivity contribution is 5.93. The first-order valence-corrected chi connectivity index (χ1v) is 8.03. The van der Waals surface area contributed by atoms with Crippen LogP contribution in [0.4, 0.5) is 5.82 Å². The molecule has 0 aliphatic carbocycles. The second-order valence-corrected chi connectivity index (χ2v) is 5.83. The lowest BCUT2D eigenvalue weighted by Gasteiger charge is -2.14. The fourth-order valence-electron chi connectivity index (χ4n) is 2.90. The highest BCUT2D eigenvalue weighted by Crippen LogP contribution is 2.32. The predicted octanol–water partition coefficient (Wildman–Crippen LogP) is 2.05. The second-order valence-electron chi connectivity index (χ2n) is 5.83. The maximum Gasteiger partial charge on any atom is 0.272 e. The van der Waals surface area contributed by atoms with Gasteiger partial charge < -0.3 is 19.7 Å². The van der Waals surface area contributed by atoms with E-state index in [1.165, 1.54) is 6.33 Å². The number of carbonyl (C=O) groups is 1. The molecule has 1 saturated heterocycles. The summed E-state index contributed by atoms with van der Waals surface area (Å²) in [6, 6.07) is 7.50. The lowest BCUT2D eigenvalue weighted by Crippen LogP contribution is -2.28. The molecule has 0 spiro atoms. The Balaban J connectivity index is 1.43. The first-order valence-electron chi connectivity index (χ1n) is 8.03. The van der Waals surface area contributed by atoms with Gasteiger partial charge in [0.1, 0.15) is 17.8 Å². The number of hydrogen-bond acceptors (Lipinski definition) is 6. The Hall–Kier alpha value is -2.83. The summed E-state index contributed by atoms with van der Waals surface area (Å²) in [7, 11) is 0. The third-order valence-corrected chi connectivity index (χ3v) is 4.19. The van der Waals surface area contributed by atoms with E-state index in [0.29, 0.717) is 18.1 Å². The summed E-state index contributed by atoms with van der Waals surface area (Å²) < 4.78 is 10.7. The summed E-state index contributed by atoms with van der Waals surface area (Å²) in [6.07, 6.45) is 3.55. The van der Waals surface area contributed by atoms with Crippen LogP contribution in [-0.2, 0) is 6.54 Å². The molecule has 7 heteroatoms. The smallest absolute Gasteiger partial charge is 0.272 e. The van der Waals surface area contributed by atoms with Gasteiger partial charge >= 0.3 is 0 Å². The molecule has 1 aromatic carbocycles. The number of amides is 1. The minimum atomic E-state index is -0.0268. The molecule has 0 saturated carbocycles. The average Bonchev–Trinajstić information content (AvgIpc) is 3.30. The van der Waals surface area contributed by atoms with Crippen LogP contribution in [-0.4, -0.2) is 40.7 Å². The van der Waals surface area contributed by atoms with Crippen molar-refractivity contribution in [3.05, 3.63) is 41.9 Å². The van der Waals surface area contributed by atoms with Crippen LogP contribution in [0.15, 0.2) is 30.6 Å². The number of anilines is 1. The molecular weight excluding hydrogens is 308 g/mol. The maximum absolute atomic E-state index is 12.4. The average molecular weight is 326 g/mol. The Morgan fingerprint density at radius 2 is 1.96 bits per heavy atom. The minimum absolute atomic E-state index is 0.0268. The molecule has 0 unspecified atom stereocenters. The number of likely N-dealkylation sites (tertiary alicyclic amines) is 1. The van der Waals surface area contributed by atoms with Crippen LogP contribution >= 0.6 is 0 Å². The normalized spacial score (nSPS) is 15.6. The van der Waals surface area contributed by atoms with E-state index in [1.54, 1.807) is 6.07 Å². The standard InChI is InChI=1S/C17H18N4O3/c22-17(21-5-1-2-6-21)13-8-16(20-10-19-13)18-9-12-3-4-14-15(7-12)24-11-23-14/h3-4,7-8,10H,1-2,5-6,9,11H2,(H,18,19,20). The number of nitrogens with zero attached hydrogens (tertiary/aromatic N) is 3. The molecule has 0 atom stereocenters. The van der Waals surface area contributed by atoms with Gasteiger partial charge in [0.25, 0.3) is 5.91 Å². The number of ether oxygens (including phenoxy) is 2. The van der Waals surface area contributed by atoms with Crippen molar-refractivity contribution < 1.29 is 14.3 Å². The molecule has 0 radical (unpaired) electrons. The Bertz CT molecular complexity index is 759. The fourth-order valence-corrected chi connectivity index (χ4v) is 2.90. The van der Waals surface area contributed by atoms with Crippen LogP contribution in [0.2, 0.25) is 0 Å². The van der Waals surface area contributed by atoms with Gasteiger partial charge in [0.2, 0.25) is 6.79 Å². The Morgan fingerprint density at radius 3 is 2.83 bits per heavy atom. The van der Waals surface area contributed by atoms with Gasteiger partial charge in [-0.05, 0) is 30.5 Å². The maximum atomic E-state index is 12.4. The number of hydrogen-bond donors (Lipinski definition) is 1. The second kappa shape index (κ2) is 6.35. The summed E-state index contributed by atoms with van der Waals surface area (Å²) in [5.41, 5.74) is 1.48. The molecular formula is C17H18N4O3. The Morgan fingerprint density at radius 1 is 1.12 bits per heavy atom. The lowest BCUT2D eigenvalue weighted by molar-refractivity contribution is 0.0787. The van der Waals surface area contributed by atoms with Crippen molar-refractivity contribution >= 4 is 11.7 Å². The molecule has 0 bridgehead atoms. The number of fused-ring (bicyclic) bond motifs is 1. The van der Waals surface area contributed by atoms with Crippen LogP contribution in [0.5, 0.6) is 11.5 Å². The van der Waals surface area contributed by atoms with Crippen LogP contribution in [0.25, 0.3) is 0 Å². The molecule has 2 aliphatic rings. The van der Waals surface area contributed by atoms with Gasteiger partial charge in [-0.25, -0.2) is 9.97 Å². The summed E-state index contributed by atoms with van der Waals surface area (Å²) >= 11 is 0. The van der Waals surface area contributed by atoms with Crippen molar-refractivity contribution in [2.24, 2.45) is 0 Å². The van der Waals surface area contributed by atoms with E-state index in [9.17, 15) is 4.79 Å². The van der Waals surface area contributed by atoms with Gasteiger partial charge in [-0.2, -0.15) is 0 Å². The van der Waals surface area contributed by atoms with Gasteiger partial charge in [0.15, 0.2) is 11.5 Å². The number of benzene rings is 1. The molecule has 1 N–H and O–H groups in total. The zero-order valence-electron chi connectivity index (χ0n) is 13.2. The molecule has 7 nitrogen and oxygen atoms in total. The molecule has 124 valence electrons.